The molecule has 0 aliphatic rings. The fraction of sp³-hybridized carbons (Fsp3) is 0.235. The Morgan fingerprint density at radius 1 is 1.27 bits per heavy atom. The van der Waals surface area contributed by atoms with Gasteiger partial charge in [-0.2, -0.15) is 5.10 Å². The second-order valence-corrected chi connectivity index (χ2v) is 7.66. The van der Waals surface area contributed by atoms with E-state index < -0.39 is 17.9 Å². The maximum absolute atomic E-state index is 12.4. The lowest BCUT2D eigenvalue weighted by molar-refractivity contribution is -0.123. The van der Waals surface area contributed by atoms with Crippen LogP contribution in [0.1, 0.15) is 30.0 Å². The molecule has 1 atom stereocenters. The van der Waals surface area contributed by atoms with Gasteiger partial charge >= 0.3 is 0 Å². The first-order chi connectivity index (χ1) is 12.3. The van der Waals surface area contributed by atoms with Crippen LogP contribution in [0.15, 0.2) is 49.0 Å². The molecular weight excluding hydrogens is 489 g/mol. The Morgan fingerprint density at radius 3 is 2.54 bits per heavy atom. The van der Waals surface area contributed by atoms with Crippen molar-refractivity contribution >= 4 is 61.5 Å². The molecule has 0 bridgehead atoms. The average Bonchev–Trinajstić information content (AvgIpc) is 2.90. The van der Waals surface area contributed by atoms with Crippen molar-refractivity contribution in [3.63, 3.8) is 0 Å². The number of benzene rings is 1. The van der Waals surface area contributed by atoms with E-state index in [0.717, 1.165) is 4.47 Å². The van der Waals surface area contributed by atoms with Crippen molar-refractivity contribution in [2.24, 2.45) is 11.0 Å². The molecular formula is C17H16Br2ClN3O3. The lowest BCUT2D eigenvalue weighted by atomic mass is 10.0. The number of nitrogens with zero attached hydrogens (tertiary/aromatic N) is 1. The van der Waals surface area contributed by atoms with E-state index in [1.807, 2.05) is 13.8 Å². The Hall–Kier alpha value is -1.64. The Morgan fingerprint density at radius 2 is 1.96 bits per heavy atom. The molecule has 0 saturated heterocycles. The van der Waals surface area contributed by atoms with E-state index in [-0.39, 0.29) is 5.92 Å². The summed E-state index contributed by atoms with van der Waals surface area (Å²) < 4.78 is 6.58. The summed E-state index contributed by atoms with van der Waals surface area (Å²) in [5.74, 6) is -0.567. The van der Waals surface area contributed by atoms with Crippen LogP contribution in [0, 0.1) is 5.92 Å². The van der Waals surface area contributed by atoms with Gasteiger partial charge in [0.2, 0.25) is 0 Å². The van der Waals surface area contributed by atoms with E-state index in [0.29, 0.717) is 21.0 Å². The topological polar surface area (TPSA) is 83.7 Å². The fourth-order valence-electron chi connectivity index (χ4n) is 2.06. The minimum absolute atomic E-state index is 0.150. The van der Waals surface area contributed by atoms with Crippen LogP contribution in [0.2, 0.25) is 5.02 Å². The van der Waals surface area contributed by atoms with E-state index in [4.69, 9.17) is 16.0 Å². The van der Waals surface area contributed by atoms with Gasteiger partial charge in [-0.3, -0.25) is 9.59 Å². The standard InChI is InChI=1S/C17H16Br2ClN3O3/c1-9(2)14(22-16(24)11-5-3-4-6-13(11)20)17(25)23-21-8-10-7-12(18)15(19)26-10/h3-9,14H,1-2H3,(H,22,24)(H,23,25). The number of carbonyl (C=O) groups excluding carboxylic acids is 2. The van der Waals surface area contributed by atoms with Gasteiger partial charge in [0.15, 0.2) is 4.67 Å². The van der Waals surface area contributed by atoms with Crippen LogP contribution in [0.25, 0.3) is 0 Å². The van der Waals surface area contributed by atoms with Crippen molar-refractivity contribution in [3.05, 3.63) is 55.8 Å². The number of nitrogens with one attached hydrogen (secondary N) is 2. The molecule has 138 valence electrons. The highest BCUT2D eigenvalue weighted by Crippen LogP contribution is 2.25. The van der Waals surface area contributed by atoms with Crippen LogP contribution >= 0.6 is 43.5 Å². The molecule has 9 heteroatoms. The zero-order valence-electron chi connectivity index (χ0n) is 13.9. The van der Waals surface area contributed by atoms with Crippen molar-refractivity contribution in [2.45, 2.75) is 19.9 Å². The van der Waals surface area contributed by atoms with E-state index in [9.17, 15) is 9.59 Å². The van der Waals surface area contributed by atoms with Crippen molar-refractivity contribution < 1.29 is 14.0 Å². The smallest absolute Gasteiger partial charge is 0.262 e. The second kappa shape index (κ2) is 9.34. The summed E-state index contributed by atoms with van der Waals surface area (Å²) in [6.07, 6.45) is 1.36. The summed E-state index contributed by atoms with van der Waals surface area (Å²) in [6, 6.07) is 7.56. The van der Waals surface area contributed by atoms with Crippen LogP contribution in [-0.4, -0.2) is 24.1 Å². The molecule has 26 heavy (non-hydrogen) atoms. The Labute approximate surface area is 172 Å². The SMILES string of the molecule is CC(C)C(NC(=O)c1ccccc1Cl)C(=O)NN=Cc1cc(Br)c(Br)o1. The van der Waals surface area contributed by atoms with Gasteiger partial charge in [-0.05, 0) is 49.9 Å². The highest BCUT2D eigenvalue weighted by atomic mass is 79.9. The van der Waals surface area contributed by atoms with Crippen LogP contribution < -0.4 is 10.7 Å². The molecule has 2 aromatic rings. The van der Waals surface area contributed by atoms with Gasteiger partial charge in [0.05, 0.1) is 21.3 Å². The van der Waals surface area contributed by atoms with E-state index in [1.54, 1.807) is 30.3 Å². The number of halogens is 3. The molecule has 0 fully saturated rings. The molecule has 1 aromatic heterocycles. The molecule has 2 N–H and O–H groups in total. The van der Waals surface area contributed by atoms with Gasteiger partial charge in [0.25, 0.3) is 11.8 Å². The molecule has 0 saturated carbocycles. The Kier molecular flexibility index (Phi) is 7.43. The number of hydrazone groups is 1. The van der Waals surface area contributed by atoms with Gasteiger partial charge in [-0.1, -0.05) is 37.6 Å². The molecule has 1 unspecified atom stereocenters. The highest BCUT2D eigenvalue weighted by molar-refractivity contribution is 9.13. The normalized spacial score (nSPS) is 12.4. The summed E-state index contributed by atoms with van der Waals surface area (Å²) in [5, 5.41) is 6.87. The molecule has 6 nitrogen and oxygen atoms in total. The van der Waals surface area contributed by atoms with Gasteiger partial charge in [-0.25, -0.2) is 5.43 Å². The maximum Gasteiger partial charge on any atom is 0.262 e. The third-order valence-corrected chi connectivity index (χ3v) is 5.42. The quantitative estimate of drug-likeness (QED) is 0.452. The summed E-state index contributed by atoms with van der Waals surface area (Å²) in [5.41, 5.74) is 2.71. The number of hydrogen-bond acceptors (Lipinski definition) is 4. The first-order valence-corrected chi connectivity index (χ1v) is 9.59. The molecule has 0 spiro atoms. The fourth-order valence-corrected chi connectivity index (χ4v) is 2.88. The Bertz CT molecular complexity index is 817. The van der Waals surface area contributed by atoms with Crippen LogP contribution in [0.4, 0.5) is 0 Å². The summed E-state index contributed by atoms with van der Waals surface area (Å²) >= 11 is 12.5. The first-order valence-electron chi connectivity index (χ1n) is 7.62. The van der Waals surface area contributed by atoms with Gasteiger partial charge in [0.1, 0.15) is 11.8 Å². The zero-order chi connectivity index (χ0) is 19.3. The van der Waals surface area contributed by atoms with Crippen molar-refractivity contribution in [1.29, 1.82) is 0 Å². The molecule has 1 aromatic carbocycles. The lowest BCUT2D eigenvalue weighted by Gasteiger charge is -2.20. The van der Waals surface area contributed by atoms with Gasteiger partial charge < -0.3 is 9.73 Å². The first kappa shape index (κ1) is 20.7. The number of hydrogen-bond donors (Lipinski definition) is 2. The lowest BCUT2D eigenvalue weighted by Crippen LogP contribution is -2.48. The van der Waals surface area contributed by atoms with Crippen LogP contribution in [0.3, 0.4) is 0 Å². The predicted molar refractivity (Wildman–Crippen MR) is 107 cm³/mol. The molecule has 0 aliphatic carbocycles. The minimum atomic E-state index is -0.772. The van der Waals surface area contributed by atoms with Gasteiger partial charge in [-0.15, -0.1) is 0 Å². The van der Waals surface area contributed by atoms with E-state index in [2.05, 4.69) is 47.7 Å². The molecule has 2 rings (SSSR count). The molecule has 1 heterocycles. The number of carbonyl (C=O) groups is 2. The molecule has 0 radical (unpaired) electrons. The number of furan rings is 1. The van der Waals surface area contributed by atoms with Crippen molar-refractivity contribution in [3.8, 4) is 0 Å². The minimum Gasteiger partial charge on any atom is -0.447 e. The van der Waals surface area contributed by atoms with E-state index >= 15 is 0 Å². The summed E-state index contributed by atoms with van der Waals surface area (Å²) in [4.78, 5) is 24.8. The molecule has 2 amide bonds. The monoisotopic (exact) mass is 503 g/mol. The maximum atomic E-state index is 12.4. The average molecular weight is 506 g/mol. The van der Waals surface area contributed by atoms with Crippen molar-refractivity contribution in [2.75, 3.05) is 0 Å². The predicted octanol–water partition coefficient (Wildman–Crippen LogP) is 4.36. The second-order valence-electron chi connectivity index (χ2n) is 5.68. The largest absolute Gasteiger partial charge is 0.447 e. The van der Waals surface area contributed by atoms with Crippen LogP contribution in [0.5, 0.6) is 0 Å². The van der Waals surface area contributed by atoms with Gasteiger partial charge in [0, 0.05) is 6.07 Å². The Balaban J connectivity index is 2.03. The molecule has 0 aliphatic heterocycles. The zero-order valence-corrected chi connectivity index (χ0v) is 17.9. The summed E-state index contributed by atoms with van der Waals surface area (Å²) in [7, 11) is 0. The third kappa shape index (κ3) is 5.43. The summed E-state index contributed by atoms with van der Waals surface area (Å²) in [6.45, 7) is 3.64. The van der Waals surface area contributed by atoms with Crippen LogP contribution in [-0.2, 0) is 4.79 Å². The highest BCUT2D eigenvalue weighted by Gasteiger charge is 2.25. The number of amides is 2. The third-order valence-electron chi connectivity index (χ3n) is 3.38. The van der Waals surface area contributed by atoms with Crippen molar-refractivity contribution in [1.82, 2.24) is 10.7 Å². The number of rotatable bonds is 6. The van der Waals surface area contributed by atoms with E-state index in [1.165, 1.54) is 6.21 Å².